The van der Waals surface area contributed by atoms with Gasteiger partial charge in [-0.05, 0) is 61.9 Å². The van der Waals surface area contributed by atoms with Crippen molar-refractivity contribution in [2.75, 3.05) is 0 Å². The lowest BCUT2D eigenvalue weighted by atomic mass is 9.79. The van der Waals surface area contributed by atoms with E-state index in [1.807, 2.05) is 16.9 Å². The van der Waals surface area contributed by atoms with Crippen LogP contribution in [0.4, 0.5) is 13.2 Å². The second-order valence-electron chi connectivity index (χ2n) is 9.16. The molecule has 1 saturated carbocycles. The van der Waals surface area contributed by atoms with Gasteiger partial charge in [0.05, 0.1) is 23.0 Å². The smallest absolute Gasteiger partial charge is 0.416 e. The molecule has 1 aliphatic carbocycles. The van der Waals surface area contributed by atoms with Crippen LogP contribution in [0.25, 0.3) is 22.3 Å². The number of phenolic OH excluding ortho intramolecular Hbond substituents is 1. The number of pyridine rings is 1. The fourth-order valence-corrected chi connectivity index (χ4v) is 4.89. The standard InChI is InChI=1S/C24H24F3N5O/c1-12(2)22-17-10-16(5-7-18(17)29-30-22)32-11-14-4-6-19(28-23(14)31-32)21-13(3)8-15(9-20(21)33)24(25,26)27/h4,6,8-9,11-12,16-17,33H,5,7,10H2,1-3H3. The summed E-state index contributed by atoms with van der Waals surface area (Å²) in [6.45, 7) is 5.80. The second-order valence-corrected chi connectivity index (χ2v) is 9.16. The summed E-state index contributed by atoms with van der Waals surface area (Å²) in [5, 5.41) is 24.6. The van der Waals surface area contributed by atoms with Crippen LogP contribution in [0.2, 0.25) is 0 Å². The van der Waals surface area contributed by atoms with Crippen molar-refractivity contribution in [2.24, 2.45) is 22.0 Å². The summed E-state index contributed by atoms with van der Waals surface area (Å²) in [7, 11) is 0. The van der Waals surface area contributed by atoms with Crippen LogP contribution in [0.5, 0.6) is 5.75 Å². The van der Waals surface area contributed by atoms with E-state index in [0.717, 1.165) is 48.2 Å². The number of aryl methyl sites for hydroxylation is 1. The lowest BCUT2D eigenvalue weighted by Gasteiger charge is -2.29. The van der Waals surface area contributed by atoms with Gasteiger partial charge in [-0.3, -0.25) is 4.68 Å². The SMILES string of the molecule is Cc1cc(C(F)(F)F)cc(O)c1-c1ccc2cn(C3CCC4=NN=C(C(C)C)C4C3)nc2n1. The highest BCUT2D eigenvalue weighted by Crippen LogP contribution is 2.39. The largest absolute Gasteiger partial charge is 0.507 e. The van der Waals surface area contributed by atoms with E-state index in [9.17, 15) is 18.3 Å². The molecule has 172 valence electrons. The Morgan fingerprint density at radius 1 is 1.15 bits per heavy atom. The normalized spacial score (nSPS) is 20.8. The van der Waals surface area contributed by atoms with E-state index in [1.54, 1.807) is 6.07 Å². The highest BCUT2D eigenvalue weighted by Gasteiger charge is 2.36. The molecule has 9 heteroatoms. The zero-order chi connectivity index (χ0) is 23.5. The Labute approximate surface area is 188 Å². The molecular formula is C24H24F3N5O. The molecule has 3 heterocycles. The molecule has 0 bridgehead atoms. The molecule has 2 atom stereocenters. The Kier molecular flexibility index (Phi) is 5.02. The summed E-state index contributed by atoms with van der Waals surface area (Å²) >= 11 is 0. The zero-order valence-electron chi connectivity index (χ0n) is 18.6. The van der Waals surface area contributed by atoms with Crippen LogP contribution in [0.3, 0.4) is 0 Å². The molecule has 0 spiro atoms. The Bertz CT molecular complexity index is 1280. The summed E-state index contributed by atoms with van der Waals surface area (Å²) in [6, 6.07) is 5.49. The minimum absolute atomic E-state index is 0.190. The van der Waals surface area contributed by atoms with Gasteiger partial charge in [-0.25, -0.2) is 4.98 Å². The topological polar surface area (TPSA) is 75.7 Å². The third-order valence-electron chi connectivity index (χ3n) is 6.55. The van der Waals surface area contributed by atoms with E-state index >= 15 is 0 Å². The number of phenols is 1. The molecule has 5 rings (SSSR count). The van der Waals surface area contributed by atoms with E-state index in [4.69, 9.17) is 0 Å². The fourth-order valence-electron chi connectivity index (χ4n) is 4.89. The summed E-state index contributed by atoms with van der Waals surface area (Å²) < 4.78 is 41.1. The van der Waals surface area contributed by atoms with Gasteiger partial charge in [0.25, 0.3) is 0 Å². The van der Waals surface area contributed by atoms with Crippen LogP contribution in [0, 0.1) is 18.8 Å². The summed E-state index contributed by atoms with van der Waals surface area (Å²) in [5.74, 6) is 0.149. The van der Waals surface area contributed by atoms with Crippen molar-refractivity contribution in [3.63, 3.8) is 0 Å². The predicted molar refractivity (Wildman–Crippen MR) is 120 cm³/mol. The predicted octanol–water partition coefficient (Wildman–Crippen LogP) is 5.94. The van der Waals surface area contributed by atoms with Gasteiger partial charge in [0, 0.05) is 28.8 Å². The first-order chi connectivity index (χ1) is 15.6. The first-order valence-corrected chi connectivity index (χ1v) is 11.0. The average molecular weight is 455 g/mol. The Morgan fingerprint density at radius 3 is 2.64 bits per heavy atom. The molecule has 2 aliphatic rings. The molecule has 33 heavy (non-hydrogen) atoms. The number of aromatic nitrogens is 3. The Balaban J connectivity index is 1.46. The van der Waals surface area contributed by atoms with Gasteiger partial charge in [-0.2, -0.15) is 28.5 Å². The highest BCUT2D eigenvalue weighted by molar-refractivity contribution is 6.11. The van der Waals surface area contributed by atoms with Crippen molar-refractivity contribution in [1.29, 1.82) is 0 Å². The van der Waals surface area contributed by atoms with Crippen molar-refractivity contribution < 1.29 is 18.3 Å². The van der Waals surface area contributed by atoms with Gasteiger partial charge in [0.15, 0.2) is 5.65 Å². The number of nitrogens with zero attached hydrogens (tertiary/aromatic N) is 5. The molecule has 2 aromatic heterocycles. The average Bonchev–Trinajstić information content (AvgIpc) is 3.35. The number of benzene rings is 1. The van der Waals surface area contributed by atoms with Crippen LogP contribution in [-0.4, -0.2) is 31.3 Å². The summed E-state index contributed by atoms with van der Waals surface area (Å²) in [5.41, 5.74) is 2.86. The molecule has 6 nitrogen and oxygen atoms in total. The van der Waals surface area contributed by atoms with Crippen LogP contribution in [0.15, 0.2) is 40.7 Å². The van der Waals surface area contributed by atoms with Crippen molar-refractivity contribution in [2.45, 2.75) is 52.3 Å². The molecule has 1 aromatic carbocycles. The minimum Gasteiger partial charge on any atom is -0.507 e. The number of rotatable bonds is 3. The van der Waals surface area contributed by atoms with Gasteiger partial charge in [-0.1, -0.05) is 13.8 Å². The molecule has 1 fully saturated rings. The van der Waals surface area contributed by atoms with Crippen LogP contribution in [0.1, 0.15) is 50.3 Å². The molecule has 0 amide bonds. The maximum atomic E-state index is 13.1. The second kappa shape index (κ2) is 7.67. The fraction of sp³-hybridized carbons (Fsp3) is 0.417. The molecule has 2 unspecified atom stereocenters. The zero-order valence-corrected chi connectivity index (χ0v) is 18.6. The van der Waals surface area contributed by atoms with Crippen LogP contribution < -0.4 is 0 Å². The van der Waals surface area contributed by atoms with Gasteiger partial charge >= 0.3 is 6.18 Å². The number of hydrogen-bond acceptors (Lipinski definition) is 5. The van der Waals surface area contributed by atoms with Gasteiger partial charge < -0.3 is 5.11 Å². The Hall–Kier alpha value is -3.23. The number of hydrogen-bond donors (Lipinski definition) is 1. The molecule has 0 radical (unpaired) electrons. The van der Waals surface area contributed by atoms with Crippen molar-refractivity contribution in [3.8, 4) is 17.0 Å². The molecule has 3 aromatic rings. The van der Waals surface area contributed by atoms with Gasteiger partial charge in [0.2, 0.25) is 0 Å². The number of aromatic hydroxyl groups is 1. The monoisotopic (exact) mass is 455 g/mol. The number of fused-ring (bicyclic) bond motifs is 2. The van der Waals surface area contributed by atoms with Crippen molar-refractivity contribution in [3.05, 3.63) is 41.6 Å². The quantitative estimate of drug-likeness (QED) is 0.531. The van der Waals surface area contributed by atoms with E-state index in [2.05, 4.69) is 34.1 Å². The van der Waals surface area contributed by atoms with Gasteiger partial charge in [0.1, 0.15) is 5.75 Å². The lowest BCUT2D eigenvalue weighted by Crippen LogP contribution is -2.32. The highest BCUT2D eigenvalue weighted by atomic mass is 19.4. The lowest BCUT2D eigenvalue weighted by molar-refractivity contribution is -0.137. The Morgan fingerprint density at radius 2 is 1.94 bits per heavy atom. The number of alkyl halides is 3. The van der Waals surface area contributed by atoms with Crippen molar-refractivity contribution >= 4 is 22.5 Å². The third kappa shape index (κ3) is 3.79. The van der Waals surface area contributed by atoms with E-state index in [-0.39, 0.29) is 17.5 Å². The van der Waals surface area contributed by atoms with Crippen LogP contribution >= 0.6 is 0 Å². The van der Waals surface area contributed by atoms with E-state index in [0.29, 0.717) is 22.8 Å². The summed E-state index contributed by atoms with van der Waals surface area (Å²) in [6.07, 6.45) is 0.106. The van der Waals surface area contributed by atoms with Crippen LogP contribution in [-0.2, 0) is 6.18 Å². The first-order valence-electron chi connectivity index (χ1n) is 11.0. The minimum atomic E-state index is -4.53. The molecule has 1 aliphatic heterocycles. The van der Waals surface area contributed by atoms with E-state index in [1.165, 1.54) is 6.92 Å². The molecular weight excluding hydrogens is 431 g/mol. The molecule has 1 N–H and O–H groups in total. The van der Waals surface area contributed by atoms with E-state index < -0.39 is 17.5 Å². The van der Waals surface area contributed by atoms with Gasteiger partial charge in [-0.15, -0.1) is 0 Å². The van der Waals surface area contributed by atoms with Crippen molar-refractivity contribution in [1.82, 2.24) is 14.8 Å². The number of halogens is 3. The maximum absolute atomic E-state index is 13.1. The molecule has 0 saturated heterocycles. The summed E-state index contributed by atoms with van der Waals surface area (Å²) in [4.78, 5) is 4.56. The first kappa shape index (κ1) is 21.6. The maximum Gasteiger partial charge on any atom is 0.416 e. The third-order valence-corrected chi connectivity index (χ3v) is 6.55.